The fourth-order valence-corrected chi connectivity index (χ4v) is 2.45. The SMILES string of the molecule is C#CCNC(=O)C1CC1c1cc(Cl)cc(Cl)c1. The lowest BCUT2D eigenvalue weighted by Crippen LogP contribution is -2.25. The Bertz CT molecular complexity index is 472. The van der Waals surface area contributed by atoms with E-state index in [-0.39, 0.29) is 24.3 Å². The largest absolute Gasteiger partial charge is 0.345 e. The van der Waals surface area contributed by atoms with Gasteiger partial charge in [0.1, 0.15) is 0 Å². The Hall–Kier alpha value is -1.17. The van der Waals surface area contributed by atoms with Gasteiger partial charge in [-0.05, 0) is 36.1 Å². The van der Waals surface area contributed by atoms with Crippen molar-refractivity contribution in [3.05, 3.63) is 33.8 Å². The summed E-state index contributed by atoms with van der Waals surface area (Å²) in [5.74, 6) is 2.59. The fraction of sp³-hybridized carbons (Fsp3) is 0.308. The first-order valence-electron chi connectivity index (χ1n) is 5.29. The summed E-state index contributed by atoms with van der Waals surface area (Å²) in [6.45, 7) is 0.276. The van der Waals surface area contributed by atoms with Gasteiger partial charge in [0, 0.05) is 16.0 Å². The molecule has 2 rings (SSSR count). The van der Waals surface area contributed by atoms with E-state index in [4.69, 9.17) is 29.6 Å². The lowest BCUT2D eigenvalue weighted by atomic mass is 10.1. The van der Waals surface area contributed by atoms with Crippen LogP contribution in [0.25, 0.3) is 0 Å². The molecular formula is C13H11Cl2NO. The van der Waals surface area contributed by atoms with Gasteiger partial charge in [0.05, 0.1) is 6.54 Å². The topological polar surface area (TPSA) is 29.1 Å². The molecular weight excluding hydrogens is 257 g/mol. The highest BCUT2D eigenvalue weighted by molar-refractivity contribution is 6.34. The van der Waals surface area contributed by atoms with E-state index in [9.17, 15) is 4.79 Å². The number of benzene rings is 1. The highest BCUT2D eigenvalue weighted by atomic mass is 35.5. The van der Waals surface area contributed by atoms with E-state index in [1.54, 1.807) is 6.07 Å². The molecule has 17 heavy (non-hydrogen) atoms. The quantitative estimate of drug-likeness (QED) is 0.839. The lowest BCUT2D eigenvalue weighted by molar-refractivity contribution is -0.122. The molecule has 2 nitrogen and oxygen atoms in total. The number of carbonyl (C=O) groups excluding carboxylic acids is 1. The predicted octanol–water partition coefficient (Wildman–Crippen LogP) is 2.85. The summed E-state index contributed by atoms with van der Waals surface area (Å²) >= 11 is 11.8. The molecule has 2 atom stereocenters. The van der Waals surface area contributed by atoms with Crippen LogP contribution in [-0.4, -0.2) is 12.5 Å². The number of amides is 1. The average molecular weight is 268 g/mol. The van der Waals surface area contributed by atoms with Gasteiger partial charge in [0.25, 0.3) is 0 Å². The minimum Gasteiger partial charge on any atom is -0.345 e. The molecule has 2 unspecified atom stereocenters. The van der Waals surface area contributed by atoms with E-state index >= 15 is 0 Å². The number of hydrogen-bond donors (Lipinski definition) is 1. The van der Waals surface area contributed by atoms with Crippen LogP contribution in [-0.2, 0) is 4.79 Å². The van der Waals surface area contributed by atoms with Crippen LogP contribution in [0.5, 0.6) is 0 Å². The predicted molar refractivity (Wildman–Crippen MR) is 69.2 cm³/mol. The smallest absolute Gasteiger partial charge is 0.224 e. The van der Waals surface area contributed by atoms with Crippen molar-refractivity contribution in [2.24, 2.45) is 5.92 Å². The minimum atomic E-state index is -0.00196. The van der Waals surface area contributed by atoms with Crippen molar-refractivity contribution in [3.8, 4) is 12.3 Å². The molecule has 1 amide bonds. The first-order chi connectivity index (χ1) is 8.11. The Morgan fingerprint density at radius 2 is 2.06 bits per heavy atom. The molecule has 1 aromatic carbocycles. The zero-order chi connectivity index (χ0) is 12.4. The van der Waals surface area contributed by atoms with Gasteiger partial charge < -0.3 is 5.32 Å². The Morgan fingerprint density at radius 1 is 1.41 bits per heavy atom. The van der Waals surface area contributed by atoms with Gasteiger partial charge in [-0.25, -0.2) is 0 Å². The number of rotatable bonds is 3. The van der Waals surface area contributed by atoms with Crippen molar-refractivity contribution in [1.29, 1.82) is 0 Å². The second kappa shape index (κ2) is 5.00. The molecule has 0 radical (unpaired) electrons. The van der Waals surface area contributed by atoms with Crippen molar-refractivity contribution < 1.29 is 4.79 Å². The van der Waals surface area contributed by atoms with Crippen LogP contribution < -0.4 is 5.32 Å². The second-order valence-corrected chi connectivity index (χ2v) is 4.95. The monoisotopic (exact) mass is 267 g/mol. The van der Waals surface area contributed by atoms with Gasteiger partial charge in [-0.1, -0.05) is 29.1 Å². The van der Waals surface area contributed by atoms with E-state index < -0.39 is 0 Å². The summed E-state index contributed by atoms with van der Waals surface area (Å²) in [7, 11) is 0. The molecule has 0 heterocycles. The Morgan fingerprint density at radius 3 is 2.65 bits per heavy atom. The van der Waals surface area contributed by atoms with Crippen molar-refractivity contribution in [3.63, 3.8) is 0 Å². The normalized spacial score (nSPS) is 21.7. The molecule has 1 aromatic rings. The summed E-state index contributed by atoms with van der Waals surface area (Å²) in [5.41, 5.74) is 1.02. The van der Waals surface area contributed by atoms with E-state index in [0.717, 1.165) is 12.0 Å². The van der Waals surface area contributed by atoms with Gasteiger partial charge in [0.2, 0.25) is 5.91 Å². The molecule has 0 aliphatic heterocycles. The summed E-state index contributed by atoms with van der Waals surface area (Å²) in [5, 5.41) is 3.88. The van der Waals surface area contributed by atoms with Crippen LogP contribution in [0.4, 0.5) is 0 Å². The van der Waals surface area contributed by atoms with E-state index in [1.807, 2.05) is 12.1 Å². The third-order valence-electron chi connectivity index (χ3n) is 2.80. The number of halogens is 2. The molecule has 0 saturated heterocycles. The van der Waals surface area contributed by atoms with Crippen LogP contribution in [0.2, 0.25) is 10.0 Å². The van der Waals surface area contributed by atoms with Crippen molar-refractivity contribution in [2.45, 2.75) is 12.3 Å². The first kappa shape index (κ1) is 12.3. The molecule has 1 saturated carbocycles. The first-order valence-corrected chi connectivity index (χ1v) is 6.04. The fourth-order valence-electron chi connectivity index (χ4n) is 1.91. The third-order valence-corrected chi connectivity index (χ3v) is 3.24. The molecule has 1 N–H and O–H groups in total. The van der Waals surface area contributed by atoms with E-state index in [0.29, 0.717) is 10.0 Å². The molecule has 1 fully saturated rings. The number of hydrogen-bond acceptors (Lipinski definition) is 1. The summed E-state index contributed by atoms with van der Waals surface area (Å²) in [6, 6.07) is 5.39. The maximum atomic E-state index is 11.6. The summed E-state index contributed by atoms with van der Waals surface area (Å²) < 4.78 is 0. The number of nitrogens with one attached hydrogen (secondary N) is 1. The number of carbonyl (C=O) groups is 1. The highest BCUT2D eigenvalue weighted by Gasteiger charge is 2.43. The van der Waals surface area contributed by atoms with Gasteiger partial charge in [-0.3, -0.25) is 4.79 Å². The maximum Gasteiger partial charge on any atom is 0.224 e. The van der Waals surface area contributed by atoms with Crippen molar-refractivity contribution >= 4 is 29.1 Å². The molecule has 1 aliphatic carbocycles. The molecule has 0 aromatic heterocycles. The standard InChI is InChI=1S/C13H11Cl2NO/c1-2-3-16-13(17)12-7-11(12)8-4-9(14)6-10(15)5-8/h1,4-6,11-12H,3,7H2,(H,16,17). The molecule has 0 spiro atoms. The van der Waals surface area contributed by atoms with Gasteiger partial charge in [-0.2, -0.15) is 0 Å². The Balaban J connectivity index is 2.03. The molecule has 0 bridgehead atoms. The van der Waals surface area contributed by atoms with Gasteiger partial charge in [-0.15, -0.1) is 6.42 Å². The van der Waals surface area contributed by atoms with E-state index in [1.165, 1.54) is 0 Å². The third kappa shape index (κ3) is 2.94. The van der Waals surface area contributed by atoms with Crippen LogP contribution in [0.3, 0.4) is 0 Å². The highest BCUT2D eigenvalue weighted by Crippen LogP contribution is 2.48. The molecule has 4 heteroatoms. The summed E-state index contributed by atoms with van der Waals surface area (Å²) in [6.07, 6.45) is 5.91. The second-order valence-electron chi connectivity index (χ2n) is 4.07. The van der Waals surface area contributed by atoms with Crippen molar-refractivity contribution in [1.82, 2.24) is 5.32 Å². The molecule has 88 valence electrons. The van der Waals surface area contributed by atoms with E-state index in [2.05, 4.69) is 11.2 Å². The van der Waals surface area contributed by atoms with Gasteiger partial charge >= 0.3 is 0 Å². The maximum absolute atomic E-state index is 11.6. The van der Waals surface area contributed by atoms with Crippen molar-refractivity contribution in [2.75, 3.05) is 6.54 Å². The van der Waals surface area contributed by atoms with Crippen LogP contribution >= 0.6 is 23.2 Å². The Labute approximate surface area is 110 Å². The Kier molecular flexibility index (Phi) is 3.61. The lowest BCUT2D eigenvalue weighted by Gasteiger charge is -2.03. The summed E-state index contributed by atoms with van der Waals surface area (Å²) in [4.78, 5) is 11.6. The number of terminal acetylenes is 1. The average Bonchev–Trinajstić information content (AvgIpc) is 3.04. The van der Waals surface area contributed by atoms with Gasteiger partial charge in [0.15, 0.2) is 0 Å². The molecule has 1 aliphatic rings. The minimum absolute atomic E-state index is 0.00196. The van der Waals surface area contributed by atoms with Crippen LogP contribution in [0.1, 0.15) is 17.9 Å². The zero-order valence-corrected chi connectivity index (χ0v) is 10.6. The zero-order valence-electron chi connectivity index (χ0n) is 9.04. The van der Waals surface area contributed by atoms with Crippen LogP contribution in [0, 0.1) is 18.3 Å². The van der Waals surface area contributed by atoms with Crippen LogP contribution in [0.15, 0.2) is 18.2 Å².